The summed E-state index contributed by atoms with van der Waals surface area (Å²) in [5.41, 5.74) is 3.79. The van der Waals surface area contributed by atoms with Crippen molar-refractivity contribution in [3.63, 3.8) is 0 Å². The van der Waals surface area contributed by atoms with Crippen LogP contribution in [0.15, 0.2) is 82.7 Å². The Kier molecular flexibility index (Phi) is 5.17. The molecule has 0 saturated carbocycles. The van der Waals surface area contributed by atoms with Gasteiger partial charge in [-0.1, -0.05) is 59.8 Å². The van der Waals surface area contributed by atoms with Crippen molar-refractivity contribution in [1.29, 1.82) is 0 Å². The number of thioether (sulfide) groups is 1. The lowest BCUT2D eigenvalue weighted by atomic mass is 10.2. The maximum absolute atomic E-state index is 13.3. The SMILES string of the molecule is COc1cccc(-n2c(SCc3cccc(C)c3)nc3ccccc3c2=O)c1. The normalized spacial score (nSPS) is 10.9. The molecule has 0 amide bonds. The highest BCUT2D eigenvalue weighted by atomic mass is 32.2. The highest BCUT2D eigenvalue weighted by Crippen LogP contribution is 2.26. The predicted molar refractivity (Wildman–Crippen MR) is 115 cm³/mol. The second-order valence-electron chi connectivity index (χ2n) is 6.53. The van der Waals surface area contributed by atoms with Crippen LogP contribution in [0.1, 0.15) is 11.1 Å². The van der Waals surface area contributed by atoms with Gasteiger partial charge < -0.3 is 4.74 Å². The van der Waals surface area contributed by atoms with Crippen molar-refractivity contribution < 1.29 is 4.74 Å². The average Bonchev–Trinajstić information content (AvgIpc) is 2.72. The first kappa shape index (κ1) is 18.3. The van der Waals surface area contributed by atoms with E-state index in [0.717, 1.165) is 11.4 Å². The molecule has 0 radical (unpaired) electrons. The first-order valence-corrected chi connectivity index (χ1v) is 9.99. The third-order valence-electron chi connectivity index (χ3n) is 4.51. The van der Waals surface area contributed by atoms with Gasteiger partial charge in [-0.05, 0) is 36.8 Å². The molecule has 3 aromatic carbocycles. The van der Waals surface area contributed by atoms with E-state index in [1.54, 1.807) is 23.4 Å². The van der Waals surface area contributed by atoms with Gasteiger partial charge in [0.1, 0.15) is 5.75 Å². The minimum Gasteiger partial charge on any atom is -0.497 e. The predicted octanol–water partition coefficient (Wildman–Crippen LogP) is 5.00. The minimum atomic E-state index is -0.0782. The zero-order chi connectivity index (χ0) is 19.5. The smallest absolute Gasteiger partial charge is 0.266 e. The number of methoxy groups -OCH3 is 1. The third-order valence-corrected chi connectivity index (χ3v) is 5.52. The van der Waals surface area contributed by atoms with Crippen LogP contribution in [0.2, 0.25) is 0 Å². The summed E-state index contributed by atoms with van der Waals surface area (Å²) in [7, 11) is 1.62. The second kappa shape index (κ2) is 7.90. The van der Waals surface area contributed by atoms with Gasteiger partial charge in [0.2, 0.25) is 0 Å². The van der Waals surface area contributed by atoms with E-state index in [0.29, 0.717) is 21.8 Å². The van der Waals surface area contributed by atoms with Crippen molar-refractivity contribution in [3.8, 4) is 11.4 Å². The first-order chi connectivity index (χ1) is 13.7. The fourth-order valence-corrected chi connectivity index (χ4v) is 4.09. The summed E-state index contributed by atoms with van der Waals surface area (Å²) in [6, 6.07) is 23.3. The molecule has 140 valence electrons. The monoisotopic (exact) mass is 388 g/mol. The number of hydrogen-bond acceptors (Lipinski definition) is 4. The zero-order valence-electron chi connectivity index (χ0n) is 15.8. The van der Waals surface area contributed by atoms with Crippen molar-refractivity contribution in [2.45, 2.75) is 17.8 Å². The number of rotatable bonds is 5. The molecule has 4 aromatic rings. The Morgan fingerprint density at radius 2 is 1.82 bits per heavy atom. The third kappa shape index (κ3) is 3.66. The fraction of sp³-hybridized carbons (Fsp3) is 0.130. The molecule has 0 unspecified atom stereocenters. The van der Waals surface area contributed by atoms with Crippen LogP contribution >= 0.6 is 11.8 Å². The Labute approximate surface area is 167 Å². The summed E-state index contributed by atoms with van der Waals surface area (Å²) >= 11 is 1.56. The number of benzene rings is 3. The zero-order valence-corrected chi connectivity index (χ0v) is 16.6. The van der Waals surface area contributed by atoms with E-state index >= 15 is 0 Å². The number of para-hydroxylation sites is 1. The van der Waals surface area contributed by atoms with Gasteiger partial charge in [0, 0.05) is 11.8 Å². The van der Waals surface area contributed by atoms with Crippen molar-refractivity contribution in [2.24, 2.45) is 0 Å². The molecule has 0 saturated heterocycles. The summed E-state index contributed by atoms with van der Waals surface area (Å²) in [6.45, 7) is 2.08. The van der Waals surface area contributed by atoms with Crippen molar-refractivity contribution >= 4 is 22.7 Å². The maximum Gasteiger partial charge on any atom is 0.266 e. The molecule has 28 heavy (non-hydrogen) atoms. The van der Waals surface area contributed by atoms with Gasteiger partial charge in [0.15, 0.2) is 5.16 Å². The minimum absolute atomic E-state index is 0.0782. The Morgan fingerprint density at radius 1 is 1.00 bits per heavy atom. The first-order valence-electron chi connectivity index (χ1n) is 9.00. The van der Waals surface area contributed by atoms with Gasteiger partial charge in [0.05, 0.1) is 23.7 Å². The van der Waals surface area contributed by atoms with Crippen LogP contribution in [0, 0.1) is 6.92 Å². The number of nitrogens with zero attached hydrogens (tertiary/aromatic N) is 2. The average molecular weight is 388 g/mol. The van der Waals surface area contributed by atoms with Crippen LogP contribution in [-0.2, 0) is 5.75 Å². The number of ether oxygens (including phenoxy) is 1. The molecule has 0 aliphatic carbocycles. The van der Waals surface area contributed by atoms with Crippen molar-refractivity contribution in [1.82, 2.24) is 9.55 Å². The number of aromatic nitrogens is 2. The van der Waals surface area contributed by atoms with Gasteiger partial charge in [-0.2, -0.15) is 0 Å². The molecule has 0 atom stereocenters. The lowest BCUT2D eigenvalue weighted by Gasteiger charge is -2.14. The molecule has 4 rings (SSSR count). The van der Waals surface area contributed by atoms with Gasteiger partial charge in [-0.15, -0.1) is 0 Å². The molecule has 4 nitrogen and oxygen atoms in total. The van der Waals surface area contributed by atoms with Gasteiger partial charge in [-0.3, -0.25) is 9.36 Å². The summed E-state index contributed by atoms with van der Waals surface area (Å²) in [5.74, 6) is 1.43. The quantitative estimate of drug-likeness (QED) is 0.357. The van der Waals surface area contributed by atoms with Crippen molar-refractivity contribution in [2.75, 3.05) is 7.11 Å². The number of aryl methyl sites for hydroxylation is 1. The fourth-order valence-electron chi connectivity index (χ4n) is 3.14. The molecular formula is C23H20N2O2S. The Hall–Kier alpha value is -3.05. The van der Waals surface area contributed by atoms with E-state index in [2.05, 4.69) is 25.1 Å². The molecule has 0 N–H and O–H groups in total. The van der Waals surface area contributed by atoms with Crippen LogP contribution in [0.5, 0.6) is 5.75 Å². The van der Waals surface area contributed by atoms with Crippen molar-refractivity contribution in [3.05, 3.63) is 94.3 Å². The molecule has 0 spiro atoms. The number of hydrogen-bond donors (Lipinski definition) is 0. The highest BCUT2D eigenvalue weighted by molar-refractivity contribution is 7.98. The molecule has 0 bridgehead atoms. The molecule has 0 aliphatic rings. The molecule has 0 aliphatic heterocycles. The topological polar surface area (TPSA) is 44.1 Å². The van der Waals surface area contributed by atoms with Crippen LogP contribution in [0.3, 0.4) is 0 Å². The summed E-state index contributed by atoms with van der Waals surface area (Å²) in [5, 5.41) is 1.27. The summed E-state index contributed by atoms with van der Waals surface area (Å²) in [4.78, 5) is 18.1. The van der Waals surface area contributed by atoms with Gasteiger partial charge in [0.25, 0.3) is 5.56 Å². The lowest BCUT2D eigenvalue weighted by molar-refractivity contribution is 0.414. The molecular weight excluding hydrogens is 368 g/mol. The number of fused-ring (bicyclic) bond motifs is 1. The van der Waals surface area contributed by atoms with E-state index in [1.165, 1.54) is 11.1 Å². The molecule has 5 heteroatoms. The van der Waals surface area contributed by atoms with Crippen LogP contribution in [-0.4, -0.2) is 16.7 Å². The molecule has 0 fully saturated rings. The Balaban J connectivity index is 1.84. The highest BCUT2D eigenvalue weighted by Gasteiger charge is 2.14. The molecule has 1 heterocycles. The lowest BCUT2D eigenvalue weighted by Crippen LogP contribution is -2.21. The Bertz CT molecular complexity index is 1200. The summed E-state index contributed by atoms with van der Waals surface area (Å²) in [6.07, 6.45) is 0. The van der Waals surface area contributed by atoms with Crippen LogP contribution < -0.4 is 10.3 Å². The van der Waals surface area contributed by atoms with Crippen LogP contribution in [0.25, 0.3) is 16.6 Å². The maximum atomic E-state index is 13.3. The van der Waals surface area contributed by atoms with Gasteiger partial charge in [-0.25, -0.2) is 4.98 Å². The summed E-state index contributed by atoms with van der Waals surface area (Å²) < 4.78 is 7.02. The largest absolute Gasteiger partial charge is 0.497 e. The second-order valence-corrected chi connectivity index (χ2v) is 7.47. The van der Waals surface area contributed by atoms with E-state index in [9.17, 15) is 4.79 Å². The Morgan fingerprint density at radius 3 is 2.64 bits per heavy atom. The standard InChI is InChI=1S/C23H20N2O2S/c1-16-7-5-8-17(13-16)15-28-23-24-21-12-4-3-11-20(21)22(26)25(23)18-9-6-10-19(14-18)27-2/h3-14H,15H2,1-2H3. The van der Waals surface area contributed by atoms with E-state index < -0.39 is 0 Å². The molecule has 1 aromatic heterocycles. The van der Waals surface area contributed by atoms with Crippen LogP contribution in [0.4, 0.5) is 0 Å². The van der Waals surface area contributed by atoms with Gasteiger partial charge >= 0.3 is 0 Å². The van der Waals surface area contributed by atoms with E-state index in [-0.39, 0.29) is 5.56 Å². The van der Waals surface area contributed by atoms with E-state index in [4.69, 9.17) is 9.72 Å². The van der Waals surface area contributed by atoms with E-state index in [1.807, 2.05) is 54.6 Å².